The van der Waals surface area contributed by atoms with Gasteiger partial charge in [-0.15, -0.1) is 0 Å². The topological polar surface area (TPSA) is 84.6 Å². The van der Waals surface area contributed by atoms with Gasteiger partial charge in [-0.25, -0.2) is 0 Å². The van der Waals surface area contributed by atoms with E-state index in [1.807, 2.05) is 19.1 Å². The third kappa shape index (κ3) is 3.42. The third-order valence-electron chi connectivity index (χ3n) is 3.16. The van der Waals surface area contributed by atoms with Crippen molar-refractivity contribution in [3.05, 3.63) is 58.1 Å². The molecule has 6 nitrogen and oxygen atoms in total. The molecule has 21 heavy (non-hydrogen) atoms. The number of phenols is 1. The Hall–Kier alpha value is -2.76. The number of benzene rings is 2. The highest BCUT2D eigenvalue weighted by Crippen LogP contribution is 2.31. The fourth-order valence-corrected chi connectivity index (χ4v) is 1.99. The van der Waals surface area contributed by atoms with Crippen LogP contribution in [0, 0.1) is 10.1 Å². The fraction of sp³-hybridized carbons (Fsp3) is 0.200. The molecule has 0 amide bonds. The molecule has 0 aromatic heterocycles. The summed E-state index contributed by atoms with van der Waals surface area (Å²) in [6.07, 6.45) is 0. The van der Waals surface area contributed by atoms with Crippen LogP contribution in [-0.4, -0.2) is 17.1 Å². The number of methoxy groups -OCH3 is 1. The van der Waals surface area contributed by atoms with Crippen LogP contribution in [0.2, 0.25) is 0 Å². The number of nitro groups is 1. The Bertz CT molecular complexity index is 641. The van der Waals surface area contributed by atoms with E-state index in [1.165, 1.54) is 19.2 Å². The number of anilines is 1. The molecule has 2 aromatic rings. The van der Waals surface area contributed by atoms with Crippen LogP contribution in [0.3, 0.4) is 0 Å². The lowest BCUT2D eigenvalue weighted by molar-refractivity contribution is -0.384. The van der Waals surface area contributed by atoms with Crippen LogP contribution in [-0.2, 0) is 0 Å². The molecule has 0 heterocycles. The summed E-state index contributed by atoms with van der Waals surface area (Å²) in [6, 6.07) is 11.2. The second-order valence-corrected chi connectivity index (χ2v) is 4.60. The van der Waals surface area contributed by atoms with Gasteiger partial charge in [0.25, 0.3) is 5.69 Å². The van der Waals surface area contributed by atoms with Crippen LogP contribution in [0.25, 0.3) is 0 Å². The Kier molecular flexibility index (Phi) is 4.27. The molecule has 0 aliphatic heterocycles. The number of ether oxygens (including phenoxy) is 1. The fourth-order valence-electron chi connectivity index (χ4n) is 1.99. The Balaban J connectivity index is 2.22. The van der Waals surface area contributed by atoms with Gasteiger partial charge in [0.2, 0.25) is 0 Å². The van der Waals surface area contributed by atoms with Crippen molar-refractivity contribution in [1.29, 1.82) is 0 Å². The zero-order chi connectivity index (χ0) is 15.4. The molecular formula is C15H16N2O4. The van der Waals surface area contributed by atoms with Gasteiger partial charge < -0.3 is 15.2 Å². The molecule has 2 N–H and O–H groups in total. The number of nitrogens with zero attached hydrogens (tertiary/aromatic N) is 1. The van der Waals surface area contributed by atoms with E-state index in [2.05, 4.69) is 5.32 Å². The summed E-state index contributed by atoms with van der Waals surface area (Å²) < 4.78 is 5.19. The minimum atomic E-state index is -0.463. The second kappa shape index (κ2) is 6.13. The molecule has 0 radical (unpaired) electrons. The first kappa shape index (κ1) is 14.6. The zero-order valence-corrected chi connectivity index (χ0v) is 11.7. The molecule has 110 valence electrons. The first-order chi connectivity index (χ1) is 10.0. The van der Waals surface area contributed by atoms with Gasteiger partial charge in [-0.1, -0.05) is 12.1 Å². The standard InChI is InChI=1S/C15H16N2O4/c1-10(11-3-6-13(18)7-4-11)16-14-8-5-12(17(19)20)9-15(14)21-2/h3-10,16,18H,1-2H3. The van der Waals surface area contributed by atoms with Gasteiger partial charge in [0.15, 0.2) is 0 Å². The van der Waals surface area contributed by atoms with Crippen molar-refractivity contribution in [2.24, 2.45) is 0 Å². The SMILES string of the molecule is COc1cc([N+](=O)[O-])ccc1NC(C)c1ccc(O)cc1. The monoisotopic (exact) mass is 288 g/mol. The number of phenolic OH excluding ortho intramolecular Hbond substituents is 1. The van der Waals surface area contributed by atoms with Crippen LogP contribution in [0.15, 0.2) is 42.5 Å². The summed E-state index contributed by atoms with van der Waals surface area (Å²) in [5.41, 5.74) is 1.63. The molecule has 0 bridgehead atoms. The summed E-state index contributed by atoms with van der Waals surface area (Å²) in [5, 5.41) is 23.3. The average Bonchev–Trinajstić information content (AvgIpc) is 2.48. The molecule has 0 aliphatic carbocycles. The molecule has 1 unspecified atom stereocenters. The minimum absolute atomic E-state index is 0.0188. The van der Waals surface area contributed by atoms with E-state index < -0.39 is 4.92 Å². The molecule has 1 atom stereocenters. The number of nitro benzene ring substituents is 1. The van der Waals surface area contributed by atoms with Crippen molar-refractivity contribution >= 4 is 11.4 Å². The third-order valence-corrected chi connectivity index (χ3v) is 3.16. The lowest BCUT2D eigenvalue weighted by Gasteiger charge is -2.17. The van der Waals surface area contributed by atoms with Crippen molar-refractivity contribution in [3.8, 4) is 11.5 Å². The summed E-state index contributed by atoms with van der Waals surface area (Å²) in [6.45, 7) is 1.95. The van der Waals surface area contributed by atoms with Crippen LogP contribution in [0.4, 0.5) is 11.4 Å². The van der Waals surface area contributed by atoms with Crippen LogP contribution in [0.1, 0.15) is 18.5 Å². The highest BCUT2D eigenvalue weighted by atomic mass is 16.6. The maximum absolute atomic E-state index is 10.8. The van der Waals surface area contributed by atoms with Crippen molar-refractivity contribution in [1.82, 2.24) is 0 Å². The summed E-state index contributed by atoms with van der Waals surface area (Å²) in [5.74, 6) is 0.619. The van der Waals surface area contributed by atoms with Crippen molar-refractivity contribution in [3.63, 3.8) is 0 Å². The highest BCUT2D eigenvalue weighted by Gasteiger charge is 2.13. The highest BCUT2D eigenvalue weighted by molar-refractivity contribution is 5.61. The maximum Gasteiger partial charge on any atom is 0.273 e. The van der Waals surface area contributed by atoms with Crippen LogP contribution in [0.5, 0.6) is 11.5 Å². The minimum Gasteiger partial charge on any atom is -0.508 e. The van der Waals surface area contributed by atoms with E-state index in [0.29, 0.717) is 11.4 Å². The number of hydrogen-bond acceptors (Lipinski definition) is 5. The van der Waals surface area contributed by atoms with Gasteiger partial charge in [0.1, 0.15) is 11.5 Å². The van der Waals surface area contributed by atoms with Crippen molar-refractivity contribution < 1.29 is 14.8 Å². The number of hydrogen-bond donors (Lipinski definition) is 2. The predicted octanol–water partition coefficient (Wildman–Crippen LogP) is 3.48. The predicted molar refractivity (Wildman–Crippen MR) is 79.8 cm³/mol. The molecule has 0 fully saturated rings. The second-order valence-electron chi connectivity index (χ2n) is 4.60. The van der Waals surface area contributed by atoms with Crippen LogP contribution < -0.4 is 10.1 Å². The Morgan fingerprint density at radius 3 is 2.48 bits per heavy atom. The molecule has 0 saturated carbocycles. The van der Waals surface area contributed by atoms with Crippen LogP contribution >= 0.6 is 0 Å². The molecule has 6 heteroatoms. The molecule has 0 aliphatic rings. The molecular weight excluding hydrogens is 272 g/mol. The smallest absolute Gasteiger partial charge is 0.273 e. The Morgan fingerprint density at radius 1 is 1.24 bits per heavy atom. The van der Waals surface area contributed by atoms with Crippen molar-refractivity contribution in [2.45, 2.75) is 13.0 Å². The van der Waals surface area contributed by atoms with Gasteiger partial charge in [-0.2, -0.15) is 0 Å². The first-order valence-electron chi connectivity index (χ1n) is 6.39. The molecule has 0 saturated heterocycles. The molecule has 2 aromatic carbocycles. The van der Waals surface area contributed by atoms with Gasteiger partial charge in [-0.3, -0.25) is 10.1 Å². The van der Waals surface area contributed by atoms with E-state index >= 15 is 0 Å². The number of nitrogens with one attached hydrogen (secondary N) is 1. The first-order valence-corrected chi connectivity index (χ1v) is 6.39. The summed E-state index contributed by atoms with van der Waals surface area (Å²) in [4.78, 5) is 10.3. The number of aromatic hydroxyl groups is 1. The Labute approximate surface area is 122 Å². The lowest BCUT2D eigenvalue weighted by Crippen LogP contribution is -2.07. The van der Waals surface area contributed by atoms with Gasteiger partial charge in [-0.05, 0) is 30.7 Å². The summed E-state index contributed by atoms with van der Waals surface area (Å²) >= 11 is 0. The average molecular weight is 288 g/mol. The lowest BCUT2D eigenvalue weighted by atomic mass is 10.1. The van der Waals surface area contributed by atoms with Gasteiger partial charge in [0, 0.05) is 12.1 Å². The zero-order valence-electron chi connectivity index (χ0n) is 11.7. The number of rotatable bonds is 5. The summed E-state index contributed by atoms with van der Waals surface area (Å²) in [7, 11) is 1.47. The molecule has 2 rings (SSSR count). The van der Waals surface area contributed by atoms with E-state index in [-0.39, 0.29) is 17.5 Å². The van der Waals surface area contributed by atoms with E-state index in [9.17, 15) is 15.2 Å². The largest absolute Gasteiger partial charge is 0.508 e. The van der Waals surface area contributed by atoms with E-state index in [0.717, 1.165) is 5.56 Å². The maximum atomic E-state index is 10.8. The van der Waals surface area contributed by atoms with Crippen molar-refractivity contribution in [2.75, 3.05) is 12.4 Å². The van der Waals surface area contributed by atoms with Gasteiger partial charge >= 0.3 is 0 Å². The van der Waals surface area contributed by atoms with E-state index in [4.69, 9.17) is 4.74 Å². The Morgan fingerprint density at radius 2 is 1.90 bits per heavy atom. The molecule has 0 spiro atoms. The normalized spacial score (nSPS) is 11.7. The quantitative estimate of drug-likeness (QED) is 0.650. The van der Waals surface area contributed by atoms with Gasteiger partial charge in [0.05, 0.1) is 23.8 Å². The van der Waals surface area contributed by atoms with E-state index in [1.54, 1.807) is 18.2 Å². The number of non-ortho nitro benzene ring substituents is 1.